The number of likely N-dealkylation sites (N-methyl/N-ethyl adjacent to an activating group) is 1. The smallest absolute Gasteiger partial charge is 0.289 e. The second kappa shape index (κ2) is 7.86. The van der Waals surface area contributed by atoms with Crippen LogP contribution in [0.3, 0.4) is 0 Å². The summed E-state index contributed by atoms with van der Waals surface area (Å²) in [5.41, 5.74) is 0.919. The first kappa shape index (κ1) is 19.0. The maximum absolute atomic E-state index is 12.8. The van der Waals surface area contributed by atoms with Crippen LogP contribution in [0.2, 0.25) is 10.0 Å². The standard InChI is InChI=1S/C18H21Cl2N3O3/c1-22(9-11-6-12(19)8-13(20)7-11)17(25)15-10-23(18(26)16(15)24)14-2-4-21-5-3-14/h6-8,14,21,24H,2-5,9-10H2,1H3. The van der Waals surface area contributed by atoms with E-state index in [1.807, 2.05) is 0 Å². The molecule has 140 valence electrons. The average molecular weight is 398 g/mol. The number of carbonyl (C=O) groups is 2. The highest BCUT2D eigenvalue weighted by Gasteiger charge is 2.38. The van der Waals surface area contributed by atoms with E-state index in [0.717, 1.165) is 31.5 Å². The molecule has 0 saturated carbocycles. The van der Waals surface area contributed by atoms with Gasteiger partial charge in [-0.3, -0.25) is 9.59 Å². The lowest BCUT2D eigenvalue weighted by Gasteiger charge is -2.31. The van der Waals surface area contributed by atoms with Crippen molar-refractivity contribution in [2.75, 3.05) is 26.7 Å². The molecule has 0 atom stereocenters. The van der Waals surface area contributed by atoms with Crippen LogP contribution >= 0.6 is 23.2 Å². The molecule has 0 aliphatic carbocycles. The third-order valence-electron chi connectivity index (χ3n) is 4.77. The molecule has 0 spiro atoms. The lowest BCUT2D eigenvalue weighted by Crippen LogP contribution is -2.45. The second-order valence-electron chi connectivity index (χ2n) is 6.68. The summed E-state index contributed by atoms with van der Waals surface area (Å²) in [6.07, 6.45) is 1.63. The fourth-order valence-corrected chi connectivity index (χ4v) is 4.01. The summed E-state index contributed by atoms with van der Waals surface area (Å²) in [7, 11) is 1.62. The van der Waals surface area contributed by atoms with Crippen molar-refractivity contribution in [1.29, 1.82) is 0 Å². The van der Waals surface area contributed by atoms with Gasteiger partial charge in [0.05, 0.1) is 12.1 Å². The summed E-state index contributed by atoms with van der Waals surface area (Å²) >= 11 is 12.0. The molecular weight excluding hydrogens is 377 g/mol. The van der Waals surface area contributed by atoms with Gasteiger partial charge in [0.2, 0.25) is 0 Å². The van der Waals surface area contributed by atoms with Gasteiger partial charge in [0.25, 0.3) is 11.8 Å². The normalized spacial score (nSPS) is 18.6. The zero-order valence-corrected chi connectivity index (χ0v) is 16.0. The molecule has 1 saturated heterocycles. The first-order chi connectivity index (χ1) is 12.4. The highest BCUT2D eigenvalue weighted by atomic mass is 35.5. The summed E-state index contributed by atoms with van der Waals surface area (Å²) in [6, 6.07) is 5.13. The zero-order valence-electron chi connectivity index (χ0n) is 14.5. The Bertz CT molecular complexity index is 740. The van der Waals surface area contributed by atoms with E-state index in [0.29, 0.717) is 10.0 Å². The average Bonchev–Trinajstić information content (AvgIpc) is 2.89. The van der Waals surface area contributed by atoms with Crippen molar-refractivity contribution in [3.05, 3.63) is 45.1 Å². The molecule has 1 aromatic rings. The number of carbonyl (C=O) groups excluding carboxylic acids is 2. The number of nitrogens with one attached hydrogen (secondary N) is 1. The van der Waals surface area contributed by atoms with Crippen LogP contribution < -0.4 is 5.32 Å². The predicted molar refractivity (Wildman–Crippen MR) is 100 cm³/mol. The van der Waals surface area contributed by atoms with Gasteiger partial charge in [-0.25, -0.2) is 0 Å². The molecular formula is C18H21Cl2N3O3. The SMILES string of the molecule is CN(Cc1cc(Cl)cc(Cl)c1)C(=O)C1=C(O)C(=O)N(C2CCNCC2)C1. The Kier molecular flexibility index (Phi) is 5.75. The van der Waals surface area contributed by atoms with Crippen molar-refractivity contribution in [3.63, 3.8) is 0 Å². The minimum absolute atomic E-state index is 0.0493. The lowest BCUT2D eigenvalue weighted by molar-refractivity contribution is -0.130. The molecule has 2 heterocycles. The summed E-state index contributed by atoms with van der Waals surface area (Å²) in [6.45, 7) is 2.08. The monoisotopic (exact) mass is 397 g/mol. The molecule has 1 fully saturated rings. The first-order valence-electron chi connectivity index (χ1n) is 8.51. The molecule has 2 aliphatic heterocycles. The Morgan fingerprint density at radius 1 is 1.27 bits per heavy atom. The molecule has 0 unspecified atom stereocenters. The number of aliphatic hydroxyl groups is 1. The molecule has 1 aromatic carbocycles. The maximum atomic E-state index is 12.8. The molecule has 0 radical (unpaired) electrons. The lowest BCUT2D eigenvalue weighted by atomic mass is 10.1. The molecule has 6 nitrogen and oxygen atoms in total. The molecule has 2 amide bonds. The number of piperidine rings is 1. The summed E-state index contributed by atoms with van der Waals surface area (Å²) in [5, 5.41) is 14.4. The van der Waals surface area contributed by atoms with E-state index in [9.17, 15) is 14.7 Å². The molecule has 26 heavy (non-hydrogen) atoms. The number of benzene rings is 1. The fourth-order valence-electron chi connectivity index (χ4n) is 3.44. The minimum atomic E-state index is -0.459. The van der Waals surface area contributed by atoms with Crippen LogP contribution in [-0.2, 0) is 16.1 Å². The van der Waals surface area contributed by atoms with Gasteiger partial charge in [-0.1, -0.05) is 23.2 Å². The fraction of sp³-hybridized carbons (Fsp3) is 0.444. The van der Waals surface area contributed by atoms with E-state index in [2.05, 4.69) is 5.32 Å². The van der Waals surface area contributed by atoms with Crippen molar-refractivity contribution in [1.82, 2.24) is 15.1 Å². The molecule has 3 rings (SSSR count). The van der Waals surface area contributed by atoms with Crippen LogP contribution in [0.1, 0.15) is 18.4 Å². The summed E-state index contributed by atoms with van der Waals surface area (Å²) in [5.74, 6) is -1.27. The van der Waals surface area contributed by atoms with E-state index in [4.69, 9.17) is 23.2 Å². The minimum Gasteiger partial charge on any atom is -0.503 e. The summed E-state index contributed by atoms with van der Waals surface area (Å²) in [4.78, 5) is 28.2. The topological polar surface area (TPSA) is 72.9 Å². The van der Waals surface area contributed by atoms with Crippen LogP contribution in [0.15, 0.2) is 29.5 Å². The Morgan fingerprint density at radius 2 is 1.88 bits per heavy atom. The van der Waals surface area contributed by atoms with Gasteiger partial charge >= 0.3 is 0 Å². The van der Waals surface area contributed by atoms with Crippen LogP contribution in [0.25, 0.3) is 0 Å². The van der Waals surface area contributed by atoms with Crippen LogP contribution in [0.4, 0.5) is 0 Å². The number of hydrogen-bond donors (Lipinski definition) is 2. The van der Waals surface area contributed by atoms with Gasteiger partial charge in [0.15, 0.2) is 5.76 Å². The Balaban J connectivity index is 1.70. The van der Waals surface area contributed by atoms with E-state index in [1.54, 1.807) is 30.1 Å². The number of amides is 2. The van der Waals surface area contributed by atoms with E-state index in [1.165, 1.54) is 4.90 Å². The number of hydrogen-bond acceptors (Lipinski definition) is 4. The number of nitrogens with zero attached hydrogens (tertiary/aromatic N) is 2. The highest BCUT2D eigenvalue weighted by molar-refractivity contribution is 6.34. The molecule has 0 aromatic heterocycles. The van der Waals surface area contributed by atoms with Gasteiger partial charge in [0.1, 0.15) is 0 Å². The van der Waals surface area contributed by atoms with Crippen molar-refractivity contribution in [2.24, 2.45) is 0 Å². The Hall–Kier alpha value is -1.76. The van der Waals surface area contributed by atoms with Gasteiger partial charge in [0, 0.05) is 29.7 Å². The highest BCUT2D eigenvalue weighted by Crippen LogP contribution is 2.26. The maximum Gasteiger partial charge on any atom is 0.289 e. The quantitative estimate of drug-likeness (QED) is 0.817. The van der Waals surface area contributed by atoms with Crippen LogP contribution in [0.5, 0.6) is 0 Å². The number of rotatable bonds is 4. The van der Waals surface area contributed by atoms with Crippen molar-refractivity contribution >= 4 is 35.0 Å². The van der Waals surface area contributed by atoms with Crippen LogP contribution in [-0.4, -0.2) is 59.4 Å². The van der Waals surface area contributed by atoms with E-state index >= 15 is 0 Å². The summed E-state index contributed by atoms with van der Waals surface area (Å²) < 4.78 is 0. The second-order valence-corrected chi connectivity index (χ2v) is 7.55. The number of halogens is 2. The van der Waals surface area contributed by atoms with Gasteiger partial charge < -0.3 is 20.2 Å². The third kappa shape index (κ3) is 3.98. The largest absolute Gasteiger partial charge is 0.503 e. The zero-order chi connectivity index (χ0) is 18.8. The van der Waals surface area contributed by atoms with Crippen molar-refractivity contribution in [3.8, 4) is 0 Å². The number of aliphatic hydroxyl groups excluding tert-OH is 1. The Labute approximate surface area is 162 Å². The Morgan fingerprint density at radius 3 is 2.50 bits per heavy atom. The predicted octanol–water partition coefficient (Wildman–Crippen LogP) is 2.36. The molecule has 8 heteroatoms. The first-order valence-corrected chi connectivity index (χ1v) is 9.26. The molecule has 0 bridgehead atoms. The van der Waals surface area contributed by atoms with E-state index in [-0.39, 0.29) is 30.6 Å². The van der Waals surface area contributed by atoms with Crippen LogP contribution in [0, 0.1) is 0 Å². The molecule has 2 aliphatic rings. The third-order valence-corrected chi connectivity index (χ3v) is 5.21. The van der Waals surface area contributed by atoms with Gasteiger partial charge in [-0.05, 0) is 49.7 Å². The van der Waals surface area contributed by atoms with Crippen molar-refractivity contribution < 1.29 is 14.7 Å². The van der Waals surface area contributed by atoms with E-state index < -0.39 is 11.7 Å². The van der Waals surface area contributed by atoms with Gasteiger partial charge in [-0.15, -0.1) is 0 Å². The van der Waals surface area contributed by atoms with Gasteiger partial charge in [-0.2, -0.15) is 0 Å². The molecule has 2 N–H and O–H groups in total. The van der Waals surface area contributed by atoms with Crippen molar-refractivity contribution in [2.45, 2.75) is 25.4 Å².